The van der Waals surface area contributed by atoms with Gasteiger partial charge in [-0.25, -0.2) is 4.79 Å². The molecule has 1 heterocycles. The Balaban J connectivity index is 2.25. The molecule has 1 unspecified atom stereocenters. The van der Waals surface area contributed by atoms with Crippen LogP contribution in [0.15, 0.2) is 48.8 Å². The molecule has 21 heavy (non-hydrogen) atoms. The Hall–Kier alpha value is -2.66. The minimum Gasteiger partial charge on any atom is -0.478 e. The number of benzene rings is 2. The van der Waals surface area contributed by atoms with Gasteiger partial charge in [0.25, 0.3) is 0 Å². The Labute approximate surface area is 121 Å². The molecule has 3 aromatic rings. The van der Waals surface area contributed by atoms with Gasteiger partial charge in [-0.1, -0.05) is 30.3 Å². The molecule has 106 valence electrons. The molecule has 2 aromatic carbocycles. The maximum atomic E-state index is 11.4. The summed E-state index contributed by atoms with van der Waals surface area (Å²) in [6, 6.07) is 10.5. The zero-order chi connectivity index (χ0) is 15.0. The third-order valence-corrected chi connectivity index (χ3v) is 3.50. The normalized spacial score (nSPS) is 12.5. The molecule has 0 saturated heterocycles. The molecule has 0 aliphatic heterocycles. The average molecular weight is 282 g/mol. The maximum absolute atomic E-state index is 11.4. The van der Waals surface area contributed by atoms with Crippen molar-refractivity contribution in [3.63, 3.8) is 0 Å². The number of carboxylic acids is 1. The van der Waals surface area contributed by atoms with Crippen molar-refractivity contribution in [1.82, 2.24) is 9.78 Å². The molecule has 3 rings (SSSR count). The van der Waals surface area contributed by atoms with Crippen LogP contribution in [0.1, 0.15) is 27.6 Å². The highest BCUT2D eigenvalue weighted by Crippen LogP contribution is 2.31. The lowest BCUT2D eigenvalue weighted by molar-refractivity contribution is 0.0699. The van der Waals surface area contributed by atoms with E-state index in [1.165, 1.54) is 0 Å². The topological polar surface area (TPSA) is 75.4 Å². The number of aryl methyl sites for hydroxylation is 1. The van der Waals surface area contributed by atoms with E-state index in [2.05, 4.69) is 5.10 Å². The smallest absolute Gasteiger partial charge is 0.336 e. The number of hydrogen-bond donors (Lipinski definition) is 2. The predicted molar refractivity (Wildman–Crippen MR) is 78.2 cm³/mol. The number of fused-ring (bicyclic) bond motifs is 1. The summed E-state index contributed by atoms with van der Waals surface area (Å²) in [6.45, 7) is 0. The number of aromatic carboxylic acids is 1. The van der Waals surface area contributed by atoms with E-state index < -0.39 is 12.1 Å². The quantitative estimate of drug-likeness (QED) is 0.773. The summed E-state index contributed by atoms with van der Waals surface area (Å²) in [5.74, 6) is -1.01. The first-order chi connectivity index (χ1) is 10.1. The fraction of sp³-hybridized carbons (Fsp3) is 0.125. The molecule has 1 atom stereocenters. The number of aliphatic hydroxyl groups is 1. The van der Waals surface area contributed by atoms with E-state index in [1.54, 1.807) is 42.3 Å². The molecule has 0 aliphatic carbocycles. The molecule has 0 aliphatic rings. The number of hydrogen-bond acceptors (Lipinski definition) is 3. The van der Waals surface area contributed by atoms with Crippen LogP contribution in [0.2, 0.25) is 0 Å². The van der Waals surface area contributed by atoms with Crippen LogP contribution in [-0.2, 0) is 7.05 Å². The molecule has 5 heteroatoms. The van der Waals surface area contributed by atoms with Gasteiger partial charge in [-0.05, 0) is 17.0 Å². The van der Waals surface area contributed by atoms with Crippen molar-refractivity contribution in [3.8, 4) is 0 Å². The third kappa shape index (κ3) is 2.28. The Morgan fingerprint density at radius 3 is 2.57 bits per heavy atom. The number of nitrogens with zero attached hydrogens (tertiary/aromatic N) is 2. The van der Waals surface area contributed by atoms with Crippen LogP contribution in [-0.4, -0.2) is 26.0 Å². The highest BCUT2D eigenvalue weighted by atomic mass is 16.4. The van der Waals surface area contributed by atoms with Crippen LogP contribution in [0.5, 0.6) is 0 Å². The first-order valence-electron chi connectivity index (χ1n) is 6.49. The highest BCUT2D eigenvalue weighted by molar-refractivity contribution is 6.05. The Morgan fingerprint density at radius 2 is 1.95 bits per heavy atom. The molecule has 1 aromatic heterocycles. The van der Waals surface area contributed by atoms with Crippen LogP contribution >= 0.6 is 0 Å². The monoisotopic (exact) mass is 282 g/mol. The van der Waals surface area contributed by atoms with Gasteiger partial charge in [-0.3, -0.25) is 4.68 Å². The van der Waals surface area contributed by atoms with Crippen molar-refractivity contribution in [2.45, 2.75) is 6.10 Å². The molecular formula is C16H14N2O3. The van der Waals surface area contributed by atoms with Gasteiger partial charge >= 0.3 is 5.97 Å². The van der Waals surface area contributed by atoms with Crippen LogP contribution in [0.25, 0.3) is 10.8 Å². The van der Waals surface area contributed by atoms with Gasteiger partial charge in [-0.15, -0.1) is 0 Å². The number of carboxylic acid groups (broad SMARTS) is 1. The Kier molecular flexibility index (Phi) is 3.19. The van der Waals surface area contributed by atoms with Crippen LogP contribution in [0.3, 0.4) is 0 Å². The first-order valence-corrected chi connectivity index (χ1v) is 6.49. The third-order valence-electron chi connectivity index (χ3n) is 3.50. The number of aliphatic hydroxyl groups excluding tert-OH is 1. The molecule has 2 N–H and O–H groups in total. The average Bonchev–Trinajstić information content (AvgIpc) is 2.91. The van der Waals surface area contributed by atoms with Crippen molar-refractivity contribution in [2.24, 2.45) is 7.05 Å². The van der Waals surface area contributed by atoms with Crippen molar-refractivity contribution in [3.05, 3.63) is 65.5 Å². The first kappa shape index (κ1) is 13.3. The molecule has 0 radical (unpaired) electrons. The standard InChI is InChI=1S/C16H14N2O3/c1-18-9-11(8-17-18)15(19)12-6-2-4-10-5-3-7-13(14(10)12)16(20)21/h2-9,15,19H,1H3,(H,20,21). The lowest BCUT2D eigenvalue weighted by Gasteiger charge is -2.14. The lowest BCUT2D eigenvalue weighted by atomic mass is 9.94. The molecule has 0 spiro atoms. The molecular weight excluding hydrogens is 268 g/mol. The van der Waals surface area contributed by atoms with Crippen molar-refractivity contribution < 1.29 is 15.0 Å². The molecule has 0 amide bonds. The van der Waals surface area contributed by atoms with E-state index in [1.807, 2.05) is 18.2 Å². The SMILES string of the molecule is Cn1cc(C(O)c2cccc3cccc(C(=O)O)c23)cn1. The van der Waals surface area contributed by atoms with Crippen LogP contribution in [0, 0.1) is 0 Å². The van der Waals surface area contributed by atoms with E-state index in [4.69, 9.17) is 0 Å². The summed E-state index contributed by atoms with van der Waals surface area (Å²) in [7, 11) is 1.77. The zero-order valence-corrected chi connectivity index (χ0v) is 11.4. The minimum atomic E-state index is -1.01. The van der Waals surface area contributed by atoms with Crippen LogP contribution < -0.4 is 0 Å². The Morgan fingerprint density at radius 1 is 1.24 bits per heavy atom. The van der Waals surface area contributed by atoms with E-state index in [-0.39, 0.29) is 5.56 Å². The summed E-state index contributed by atoms with van der Waals surface area (Å²) in [6.07, 6.45) is 2.38. The molecule has 0 bridgehead atoms. The molecule has 0 saturated carbocycles. The van der Waals surface area contributed by atoms with Gasteiger partial charge < -0.3 is 10.2 Å². The highest BCUT2D eigenvalue weighted by Gasteiger charge is 2.19. The number of aromatic nitrogens is 2. The number of rotatable bonds is 3. The van der Waals surface area contributed by atoms with Gasteiger partial charge in [-0.2, -0.15) is 5.10 Å². The molecule has 0 fully saturated rings. The zero-order valence-electron chi connectivity index (χ0n) is 11.4. The largest absolute Gasteiger partial charge is 0.478 e. The predicted octanol–water partition coefficient (Wildman–Crippen LogP) is 2.35. The van der Waals surface area contributed by atoms with Gasteiger partial charge in [0.15, 0.2) is 0 Å². The second-order valence-corrected chi connectivity index (χ2v) is 4.91. The fourth-order valence-corrected chi connectivity index (χ4v) is 2.54. The summed E-state index contributed by atoms with van der Waals surface area (Å²) in [5, 5.41) is 25.3. The minimum absolute atomic E-state index is 0.186. The van der Waals surface area contributed by atoms with Crippen molar-refractivity contribution >= 4 is 16.7 Å². The summed E-state index contributed by atoms with van der Waals surface area (Å²) < 4.78 is 1.60. The van der Waals surface area contributed by atoms with Crippen molar-refractivity contribution in [1.29, 1.82) is 0 Å². The van der Waals surface area contributed by atoms with Crippen molar-refractivity contribution in [2.75, 3.05) is 0 Å². The van der Waals surface area contributed by atoms with Gasteiger partial charge in [0.05, 0.1) is 11.8 Å². The molecule has 5 nitrogen and oxygen atoms in total. The number of carbonyl (C=O) groups is 1. The summed E-state index contributed by atoms with van der Waals surface area (Å²) in [4.78, 5) is 11.4. The van der Waals surface area contributed by atoms with Crippen LogP contribution in [0.4, 0.5) is 0 Å². The lowest BCUT2D eigenvalue weighted by Crippen LogP contribution is -2.04. The van der Waals surface area contributed by atoms with E-state index >= 15 is 0 Å². The van der Waals surface area contributed by atoms with Gasteiger partial charge in [0.2, 0.25) is 0 Å². The van der Waals surface area contributed by atoms with E-state index in [0.29, 0.717) is 16.5 Å². The van der Waals surface area contributed by atoms with Gasteiger partial charge in [0.1, 0.15) is 6.10 Å². The summed E-state index contributed by atoms with van der Waals surface area (Å²) >= 11 is 0. The fourth-order valence-electron chi connectivity index (χ4n) is 2.54. The second kappa shape index (κ2) is 5.03. The Bertz CT molecular complexity index is 818. The van der Waals surface area contributed by atoms with E-state index in [9.17, 15) is 15.0 Å². The summed E-state index contributed by atoms with van der Waals surface area (Å²) in [5.41, 5.74) is 1.38. The van der Waals surface area contributed by atoms with Gasteiger partial charge in [0, 0.05) is 24.2 Å². The second-order valence-electron chi connectivity index (χ2n) is 4.91. The maximum Gasteiger partial charge on any atom is 0.336 e. The van der Waals surface area contributed by atoms with E-state index in [0.717, 1.165) is 5.39 Å².